The van der Waals surface area contributed by atoms with Crippen LogP contribution in [0, 0.1) is 12.3 Å². The number of hydrogen-bond donors (Lipinski definition) is 2. The van der Waals surface area contributed by atoms with Gasteiger partial charge in [-0.3, -0.25) is 5.41 Å². The van der Waals surface area contributed by atoms with E-state index in [9.17, 15) is 4.79 Å². The summed E-state index contributed by atoms with van der Waals surface area (Å²) >= 11 is 0. The van der Waals surface area contributed by atoms with E-state index in [1.165, 1.54) is 0 Å². The number of nitrogen functional groups attached to an aromatic ring is 1. The standard InChI is InChI=1S/C16H16N2O3.ClH/c1-10-9-12(5-8-14(10)20-2)16(19)21-13-6-3-11(4-7-13)15(17)18;/h3-9H,1-2H3,(H3,17,18);1H. The van der Waals surface area contributed by atoms with Crippen molar-refractivity contribution in [3.8, 4) is 11.5 Å². The Kier molecular flexibility index (Phi) is 5.95. The first-order chi connectivity index (χ1) is 10.0. The summed E-state index contributed by atoms with van der Waals surface area (Å²) in [5.74, 6) is 0.644. The molecule has 0 aliphatic carbocycles. The number of esters is 1. The molecule has 0 heterocycles. The van der Waals surface area contributed by atoms with Crippen LogP contribution in [0.1, 0.15) is 21.5 Å². The third-order valence-electron chi connectivity index (χ3n) is 3.01. The van der Waals surface area contributed by atoms with Gasteiger partial charge >= 0.3 is 5.97 Å². The number of aryl methyl sites for hydroxylation is 1. The Hall–Kier alpha value is -2.53. The van der Waals surface area contributed by atoms with Gasteiger partial charge in [-0.15, -0.1) is 12.4 Å². The lowest BCUT2D eigenvalue weighted by Crippen LogP contribution is -2.11. The molecule has 6 heteroatoms. The number of amidine groups is 1. The Labute approximate surface area is 135 Å². The van der Waals surface area contributed by atoms with Crippen molar-refractivity contribution in [2.24, 2.45) is 5.73 Å². The van der Waals surface area contributed by atoms with Crippen molar-refractivity contribution in [2.75, 3.05) is 7.11 Å². The van der Waals surface area contributed by atoms with E-state index >= 15 is 0 Å². The molecule has 116 valence electrons. The molecule has 0 atom stereocenters. The van der Waals surface area contributed by atoms with E-state index in [2.05, 4.69) is 0 Å². The maximum Gasteiger partial charge on any atom is 0.343 e. The van der Waals surface area contributed by atoms with Crippen LogP contribution < -0.4 is 15.2 Å². The van der Waals surface area contributed by atoms with Crippen LogP contribution in [0.25, 0.3) is 0 Å². The summed E-state index contributed by atoms with van der Waals surface area (Å²) in [7, 11) is 1.58. The Bertz CT molecular complexity index is 684. The molecule has 0 aliphatic heterocycles. The minimum Gasteiger partial charge on any atom is -0.496 e. The number of rotatable bonds is 4. The van der Waals surface area contributed by atoms with Gasteiger partial charge in [0.2, 0.25) is 0 Å². The summed E-state index contributed by atoms with van der Waals surface area (Å²) < 4.78 is 10.4. The van der Waals surface area contributed by atoms with E-state index < -0.39 is 5.97 Å². The zero-order valence-electron chi connectivity index (χ0n) is 12.3. The number of methoxy groups -OCH3 is 1. The van der Waals surface area contributed by atoms with E-state index in [1.807, 2.05) is 6.92 Å². The van der Waals surface area contributed by atoms with E-state index in [1.54, 1.807) is 49.6 Å². The van der Waals surface area contributed by atoms with Crippen molar-refractivity contribution in [1.29, 1.82) is 5.41 Å². The molecule has 3 N–H and O–H groups in total. The number of benzene rings is 2. The van der Waals surface area contributed by atoms with Gasteiger partial charge in [-0.25, -0.2) is 4.79 Å². The quantitative estimate of drug-likeness (QED) is 0.392. The fourth-order valence-corrected chi connectivity index (χ4v) is 1.87. The molecule has 0 amide bonds. The van der Waals surface area contributed by atoms with Gasteiger partial charge in [-0.2, -0.15) is 0 Å². The lowest BCUT2D eigenvalue weighted by molar-refractivity contribution is 0.0734. The average molecular weight is 321 g/mol. The van der Waals surface area contributed by atoms with Gasteiger partial charge in [0.1, 0.15) is 17.3 Å². The van der Waals surface area contributed by atoms with Crippen LogP contribution in [0.2, 0.25) is 0 Å². The molecule has 5 nitrogen and oxygen atoms in total. The fourth-order valence-electron chi connectivity index (χ4n) is 1.87. The smallest absolute Gasteiger partial charge is 0.343 e. The van der Waals surface area contributed by atoms with Gasteiger partial charge in [-0.05, 0) is 55.0 Å². The van der Waals surface area contributed by atoms with Gasteiger partial charge in [0, 0.05) is 5.56 Å². The lowest BCUT2D eigenvalue weighted by Gasteiger charge is -2.08. The molecule has 0 unspecified atom stereocenters. The number of nitrogens with two attached hydrogens (primary N) is 1. The molecule has 0 aliphatic rings. The van der Waals surface area contributed by atoms with Crippen LogP contribution in [0.15, 0.2) is 42.5 Å². The van der Waals surface area contributed by atoms with Crippen molar-refractivity contribution in [3.05, 3.63) is 59.2 Å². The zero-order chi connectivity index (χ0) is 15.4. The highest BCUT2D eigenvalue weighted by Crippen LogP contribution is 2.20. The van der Waals surface area contributed by atoms with E-state index in [0.29, 0.717) is 16.9 Å². The molecule has 2 aromatic carbocycles. The summed E-state index contributed by atoms with van der Waals surface area (Å²) in [6, 6.07) is 11.6. The summed E-state index contributed by atoms with van der Waals surface area (Å²) in [5.41, 5.74) is 7.25. The average Bonchev–Trinajstić information content (AvgIpc) is 2.47. The highest BCUT2D eigenvalue weighted by Gasteiger charge is 2.10. The number of halogens is 1. The van der Waals surface area contributed by atoms with Crippen LogP contribution in [-0.4, -0.2) is 18.9 Å². The molecule has 0 saturated heterocycles. The van der Waals surface area contributed by atoms with Crippen molar-refractivity contribution < 1.29 is 14.3 Å². The molecule has 2 aromatic rings. The van der Waals surface area contributed by atoms with Crippen LogP contribution in [0.4, 0.5) is 0 Å². The second kappa shape index (κ2) is 7.47. The van der Waals surface area contributed by atoms with Gasteiger partial charge in [0.05, 0.1) is 12.7 Å². The third-order valence-corrected chi connectivity index (χ3v) is 3.01. The fraction of sp³-hybridized carbons (Fsp3) is 0.125. The maximum atomic E-state index is 12.1. The normalized spacial score (nSPS) is 9.55. The Morgan fingerprint density at radius 1 is 1.09 bits per heavy atom. The number of carbonyl (C=O) groups is 1. The first-order valence-corrected chi connectivity index (χ1v) is 6.32. The Morgan fingerprint density at radius 3 is 2.18 bits per heavy atom. The Morgan fingerprint density at radius 2 is 1.68 bits per heavy atom. The first kappa shape index (κ1) is 17.5. The predicted molar refractivity (Wildman–Crippen MR) is 87.4 cm³/mol. The van der Waals surface area contributed by atoms with Crippen LogP contribution >= 0.6 is 12.4 Å². The molecule has 0 radical (unpaired) electrons. The van der Waals surface area contributed by atoms with Crippen molar-refractivity contribution in [2.45, 2.75) is 6.92 Å². The monoisotopic (exact) mass is 320 g/mol. The van der Waals surface area contributed by atoms with E-state index in [4.69, 9.17) is 20.6 Å². The van der Waals surface area contributed by atoms with Crippen LogP contribution in [0.5, 0.6) is 11.5 Å². The molecular formula is C16H17ClN2O3. The van der Waals surface area contributed by atoms with Gasteiger partial charge in [0.25, 0.3) is 0 Å². The van der Waals surface area contributed by atoms with Crippen molar-refractivity contribution in [1.82, 2.24) is 0 Å². The molecule has 2 rings (SSSR count). The van der Waals surface area contributed by atoms with Crippen molar-refractivity contribution >= 4 is 24.2 Å². The predicted octanol–water partition coefficient (Wildman–Crippen LogP) is 2.93. The summed E-state index contributed by atoms with van der Waals surface area (Å²) in [6.07, 6.45) is 0. The van der Waals surface area contributed by atoms with Gasteiger partial charge in [-0.1, -0.05) is 0 Å². The number of hydrogen-bond acceptors (Lipinski definition) is 4. The molecule has 0 bridgehead atoms. The molecule has 0 spiro atoms. The molecule has 0 saturated carbocycles. The second-order valence-corrected chi connectivity index (χ2v) is 4.51. The Balaban J connectivity index is 0.00000242. The summed E-state index contributed by atoms with van der Waals surface area (Å²) in [4.78, 5) is 12.1. The molecule has 0 aromatic heterocycles. The molecular weight excluding hydrogens is 304 g/mol. The molecule has 0 fully saturated rings. The van der Waals surface area contributed by atoms with Crippen molar-refractivity contribution in [3.63, 3.8) is 0 Å². The number of ether oxygens (including phenoxy) is 2. The second-order valence-electron chi connectivity index (χ2n) is 4.51. The summed E-state index contributed by atoms with van der Waals surface area (Å²) in [5, 5.41) is 7.30. The number of carbonyl (C=O) groups excluding carboxylic acids is 1. The van der Waals surface area contributed by atoms with Crippen LogP contribution in [0.3, 0.4) is 0 Å². The minimum absolute atomic E-state index is 0. The summed E-state index contributed by atoms with van der Waals surface area (Å²) in [6.45, 7) is 1.86. The highest BCUT2D eigenvalue weighted by molar-refractivity contribution is 5.95. The lowest BCUT2D eigenvalue weighted by atomic mass is 10.1. The topological polar surface area (TPSA) is 85.4 Å². The van der Waals surface area contributed by atoms with Crippen LogP contribution in [-0.2, 0) is 0 Å². The SMILES string of the molecule is COc1ccc(C(=O)Oc2ccc(C(=N)N)cc2)cc1C.Cl. The van der Waals surface area contributed by atoms with Gasteiger partial charge < -0.3 is 15.2 Å². The zero-order valence-corrected chi connectivity index (χ0v) is 13.1. The number of nitrogens with one attached hydrogen (secondary N) is 1. The van der Waals surface area contributed by atoms with Gasteiger partial charge in [0.15, 0.2) is 0 Å². The largest absolute Gasteiger partial charge is 0.496 e. The minimum atomic E-state index is -0.448. The van der Waals surface area contributed by atoms with E-state index in [0.717, 1.165) is 11.3 Å². The van der Waals surface area contributed by atoms with E-state index in [-0.39, 0.29) is 18.2 Å². The first-order valence-electron chi connectivity index (χ1n) is 6.32. The maximum absolute atomic E-state index is 12.1. The highest BCUT2D eigenvalue weighted by atomic mass is 35.5. The molecule has 22 heavy (non-hydrogen) atoms. The third kappa shape index (κ3) is 3.99.